The Morgan fingerprint density at radius 3 is 2.83 bits per heavy atom. The number of amides is 1. The predicted molar refractivity (Wildman–Crippen MR) is 132 cm³/mol. The van der Waals surface area contributed by atoms with Gasteiger partial charge >= 0.3 is 0 Å². The van der Waals surface area contributed by atoms with Crippen LogP contribution >= 0.6 is 0 Å². The first-order valence-electron chi connectivity index (χ1n) is 11.2. The van der Waals surface area contributed by atoms with E-state index in [-0.39, 0.29) is 11.8 Å². The maximum Gasteiger partial charge on any atom is 0.251 e. The van der Waals surface area contributed by atoms with Crippen molar-refractivity contribution in [2.24, 2.45) is 0 Å². The molecule has 0 aliphatic rings. The number of methoxy groups -OCH3 is 1. The average molecular weight is 471 g/mol. The number of anilines is 1. The van der Waals surface area contributed by atoms with Crippen LogP contribution in [0.5, 0.6) is 5.75 Å². The molecule has 0 aliphatic heterocycles. The van der Waals surface area contributed by atoms with Crippen LogP contribution in [0.25, 0.3) is 22.3 Å². The van der Waals surface area contributed by atoms with E-state index in [0.717, 1.165) is 27.9 Å². The number of fused-ring (bicyclic) bond motifs is 1. The number of carbonyl (C=O) groups is 1. The number of aryl methyl sites for hydroxylation is 1. The Bertz CT molecular complexity index is 1390. The van der Waals surface area contributed by atoms with Gasteiger partial charge in [-0.1, -0.05) is 13.0 Å². The van der Waals surface area contributed by atoms with Crippen molar-refractivity contribution in [1.29, 1.82) is 5.26 Å². The van der Waals surface area contributed by atoms with Crippen LogP contribution in [-0.2, 0) is 6.54 Å². The van der Waals surface area contributed by atoms with E-state index in [1.54, 1.807) is 43.4 Å². The topological polar surface area (TPSA) is 131 Å². The smallest absolute Gasteiger partial charge is 0.251 e. The van der Waals surface area contributed by atoms with Crippen LogP contribution < -0.4 is 15.4 Å². The molecule has 4 rings (SSSR count). The van der Waals surface area contributed by atoms with Crippen molar-refractivity contribution in [3.05, 3.63) is 60.2 Å². The maximum atomic E-state index is 11.9. The molecular formula is C25H26N8O2. The number of rotatable bonds is 9. The van der Waals surface area contributed by atoms with Gasteiger partial charge in [0.1, 0.15) is 17.9 Å². The third-order valence-corrected chi connectivity index (χ3v) is 5.72. The molecule has 10 heteroatoms. The molecule has 0 fully saturated rings. The highest BCUT2D eigenvalue weighted by molar-refractivity contribution is 5.94. The minimum Gasteiger partial charge on any atom is -0.496 e. The Hall–Kier alpha value is -4.52. The van der Waals surface area contributed by atoms with E-state index in [0.29, 0.717) is 36.6 Å². The molecule has 1 unspecified atom stereocenters. The minimum absolute atomic E-state index is 0.0966. The zero-order chi connectivity index (χ0) is 24.8. The van der Waals surface area contributed by atoms with Crippen LogP contribution in [0.2, 0.25) is 0 Å². The first-order chi connectivity index (χ1) is 17.0. The number of nitriles is 1. The van der Waals surface area contributed by atoms with Crippen molar-refractivity contribution in [3.63, 3.8) is 0 Å². The lowest BCUT2D eigenvalue weighted by Gasteiger charge is -2.17. The lowest BCUT2D eigenvalue weighted by Crippen LogP contribution is -2.18. The van der Waals surface area contributed by atoms with Crippen molar-refractivity contribution >= 4 is 22.8 Å². The fraction of sp³-hybridized carbons (Fsp3) is 0.280. The third-order valence-electron chi connectivity index (χ3n) is 5.72. The zero-order valence-electron chi connectivity index (χ0n) is 19.8. The molecule has 1 aromatic carbocycles. The van der Waals surface area contributed by atoms with Gasteiger partial charge in [-0.25, -0.2) is 19.6 Å². The van der Waals surface area contributed by atoms with Gasteiger partial charge in [-0.15, -0.1) is 0 Å². The summed E-state index contributed by atoms with van der Waals surface area (Å²) < 4.78 is 7.25. The number of ether oxygens (including phenoxy) is 1. The number of hydrogen-bond donors (Lipinski definition) is 2. The van der Waals surface area contributed by atoms with Crippen LogP contribution in [0.3, 0.4) is 0 Å². The lowest BCUT2D eigenvalue weighted by molar-refractivity contribution is 0.0962. The quantitative estimate of drug-likeness (QED) is 0.381. The molecule has 3 aromatic heterocycles. The first-order valence-corrected chi connectivity index (χ1v) is 11.2. The van der Waals surface area contributed by atoms with Crippen molar-refractivity contribution < 1.29 is 9.53 Å². The van der Waals surface area contributed by atoms with Gasteiger partial charge < -0.3 is 15.4 Å². The number of nitrogens with one attached hydrogen (secondary N) is 2. The summed E-state index contributed by atoms with van der Waals surface area (Å²) in [5.74, 6) is 1.29. The normalized spacial score (nSPS) is 11.6. The summed E-state index contributed by atoms with van der Waals surface area (Å²) in [5.41, 5.74) is 3.87. The van der Waals surface area contributed by atoms with Gasteiger partial charge in [0.2, 0.25) is 0 Å². The molecule has 4 aromatic rings. The highest BCUT2D eigenvalue weighted by Crippen LogP contribution is 2.28. The Kier molecular flexibility index (Phi) is 7.16. The van der Waals surface area contributed by atoms with Crippen LogP contribution in [-0.4, -0.2) is 51.3 Å². The van der Waals surface area contributed by atoms with Gasteiger partial charge in [0.15, 0.2) is 5.65 Å². The molecule has 10 nitrogen and oxygen atoms in total. The zero-order valence-corrected chi connectivity index (χ0v) is 19.8. The largest absolute Gasteiger partial charge is 0.496 e. The Labute approximate surface area is 203 Å². The number of pyridine rings is 1. The summed E-state index contributed by atoms with van der Waals surface area (Å²) in [7, 11) is 3.20. The van der Waals surface area contributed by atoms with Crippen LogP contribution in [0, 0.1) is 11.3 Å². The van der Waals surface area contributed by atoms with Gasteiger partial charge in [0.05, 0.1) is 38.0 Å². The van der Waals surface area contributed by atoms with E-state index in [2.05, 4.69) is 43.7 Å². The van der Waals surface area contributed by atoms with Crippen LogP contribution in [0.4, 0.5) is 5.82 Å². The van der Waals surface area contributed by atoms with Gasteiger partial charge in [0, 0.05) is 48.3 Å². The summed E-state index contributed by atoms with van der Waals surface area (Å²) in [5, 5.41) is 20.0. The van der Waals surface area contributed by atoms with E-state index >= 15 is 0 Å². The molecule has 0 aliphatic carbocycles. The maximum absolute atomic E-state index is 11.9. The summed E-state index contributed by atoms with van der Waals surface area (Å²) in [6.45, 7) is 3.19. The molecule has 1 amide bonds. The SMILES string of the molecule is CNC(=O)c1ccc(C(C)CNc2cc(-c3cnc4c(cnn4CCC#N)c3)ncn2)c(OC)c1. The molecule has 2 N–H and O–H groups in total. The molecule has 0 spiro atoms. The highest BCUT2D eigenvalue weighted by atomic mass is 16.5. The number of carbonyl (C=O) groups excluding carboxylic acids is 1. The van der Waals surface area contributed by atoms with Crippen molar-refractivity contribution in [2.75, 3.05) is 26.0 Å². The third kappa shape index (κ3) is 5.19. The van der Waals surface area contributed by atoms with Gasteiger partial charge in [0.25, 0.3) is 5.91 Å². The highest BCUT2D eigenvalue weighted by Gasteiger charge is 2.15. The molecule has 0 bridgehead atoms. The van der Waals surface area contributed by atoms with Crippen LogP contribution in [0.1, 0.15) is 35.2 Å². The Morgan fingerprint density at radius 2 is 2.06 bits per heavy atom. The second-order valence-corrected chi connectivity index (χ2v) is 8.02. The average Bonchev–Trinajstić information content (AvgIpc) is 3.31. The van der Waals surface area contributed by atoms with Gasteiger partial charge in [-0.3, -0.25) is 4.79 Å². The van der Waals surface area contributed by atoms with Crippen molar-refractivity contribution in [1.82, 2.24) is 30.0 Å². The monoisotopic (exact) mass is 470 g/mol. The van der Waals surface area contributed by atoms with Crippen molar-refractivity contribution in [2.45, 2.75) is 25.8 Å². The minimum atomic E-state index is -0.156. The molecule has 0 saturated heterocycles. The molecule has 178 valence electrons. The number of aromatic nitrogens is 5. The molecule has 1 atom stereocenters. The molecule has 0 saturated carbocycles. The second-order valence-electron chi connectivity index (χ2n) is 8.02. The summed E-state index contributed by atoms with van der Waals surface area (Å²) in [6, 6.07) is 11.4. The van der Waals surface area contributed by atoms with Gasteiger partial charge in [-0.05, 0) is 23.8 Å². The predicted octanol–water partition coefficient (Wildman–Crippen LogP) is 3.39. The molecular weight excluding hydrogens is 444 g/mol. The van der Waals surface area contributed by atoms with E-state index in [1.807, 2.05) is 18.2 Å². The fourth-order valence-corrected chi connectivity index (χ4v) is 3.81. The molecule has 35 heavy (non-hydrogen) atoms. The summed E-state index contributed by atoms with van der Waals surface area (Å²) in [6.07, 6.45) is 5.39. The molecule has 0 radical (unpaired) electrons. The first kappa shape index (κ1) is 23.6. The lowest BCUT2D eigenvalue weighted by atomic mass is 9.98. The Balaban J connectivity index is 1.48. The second kappa shape index (κ2) is 10.6. The number of hydrogen-bond acceptors (Lipinski definition) is 8. The van der Waals surface area contributed by atoms with Crippen molar-refractivity contribution in [3.8, 4) is 23.1 Å². The Morgan fingerprint density at radius 1 is 1.20 bits per heavy atom. The standard InChI is InChI=1S/C25H26N8O2/c1-16(20-6-5-17(25(34)27-2)10-22(20)35-3)12-28-23-11-21(30-15-31-23)18-9-19-14-32-33(8-4-7-26)24(19)29-13-18/h5-6,9-11,13-16H,4,8,12H2,1-3H3,(H,27,34)(H,28,30,31). The van der Waals surface area contributed by atoms with Crippen LogP contribution in [0.15, 0.2) is 49.1 Å². The fourth-order valence-electron chi connectivity index (χ4n) is 3.81. The van der Waals surface area contributed by atoms with Gasteiger partial charge in [-0.2, -0.15) is 10.4 Å². The van der Waals surface area contributed by atoms with E-state index < -0.39 is 0 Å². The van der Waals surface area contributed by atoms with E-state index in [9.17, 15) is 4.79 Å². The molecule has 3 heterocycles. The number of benzene rings is 1. The summed E-state index contributed by atoms with van der Waals surface area (Å²) >= 11 is 0. The van der Waals surface area contributed by atoms with E-state index in [4.69, 9.17) is 10.00 Å². The number of nitrogens with zero attached hydrogens (tertiary/aromatic N) is 6. The summed E-state index contributed by atoms with van der Waals surface area (Å²) in [4.78, 5) is 25.2. The van der Waals surface area contributed by atoms with E-state index in [1.165, 1.54) is 6.33 Å².